The molecule has 0 spiro atoms. The molecule has 0 amide bonds. The van der Waals surface area contributed by atoms with Crippen molar-refractivity contribution in [2.24, 2.45) is 0 Å². The lowest BCUT2D eigenvalue weighted by atomic mass is 10.1. The quantitative estimate of drug-likeness (QED) is 0.806. The molecule has 1 aliphatic rings. The van der Waals surface area contributed by atoms with E-state index >= 15 is 0 Å². The Kier molecular flexibility index (Phi) is 2.97. The van der Waals surface area contributed by atoms with E-state index in [4.69, 9.17) is 5.73 Å². The van der Waals surface area contributed by atoms with Crippen molar-refractivity contribution in [2.75, 3.05) is 41.7 Å². The summed E-state index contributed by atoms with van der Waals surface area (Å²) >= 11 is 0. The van der Waals surface area contributed by atoms with Crippen molar-refractivity contribution >= 4 is 17.1 Å². The molecule has 0 saturated carbocycles. The molecule has 0 bridgehead atoms. The van der Waals surface area contributed by atoms with Crippen LogP contribution in [0.4, 0.5) is 17.1 Å². The Bertz CT molecular complexity index is 708. The van der Waals surface area contributed by atoms with Gasteiger partial charge in [0.05, 0.1) is 0 Å². The predicted molar refractivity (Wildman–Crippen MR) is 81.4 cm³/mol. The van der Waals surface area contributed by atoms with Crippen molar-refractivity contribution in [3.63, 3.8) is 0 Å². The fraction of sp³-hybridized carbons (Fsp3) is 0.333. The second-order valence-electron chi connectivity index (χ2n) is 5.23. The van der Waals surface area contributed by atoms with Crippen molar-refractivity contribution in [2.45, 2.75) is 6.92 Å². The number of nitrogens with zero attached hydrogens (tertiary/aromatic N) is 2. The van der Waals surface area contributed by atoms with Crippen molar-refractivity contribution in [1.29, 1.82) is 0 Å². The van der Waals surface area contributed by atoms with Crippen molar-refractivity contribution in [3.8, 4) is 0 Å². The fourth-order valence-electron chi connectivity index (χ4n) is 2.72. The van der Waals surface area contributed by atoms with Crippen molar-refractivity contribution in [3.05, 3.63) is 50.3 Å². The van der Waals surface area contributed by atoms with E-state index in [0.29, 0.717) is 18.8 Å². The molecule has 104 valence electrons. The smallest absolute Gasteiger partial charge is 0.253 e. The highest BCUT2D eigenvalue weighted by atomic mass is 16.2. The van der Waals surface area contributed by atoms with E-state index in [1.54, 1.807) is 0 Å². The minimum Gasteiger partial charge on any atom is -0.394 e. The monoisotopic (exact) mass is 271 g/mol. The highest BCUT2D eigenvalue weighted by Crippen LogP contribution is 2.22. The van der Waals surface area contributed by atoms with Gasteiger partial charge in [-0.3, -0.25) is 9.59 Å². The first kappa shape index (κ1) is 12.7. The SMILES string of the molecule is Cc1cccc(N2CCN(c3c(N)c(=O)c3=O)CC2)c1. The lowest BCUT2D eigenvalue weighted by Gasteiger charge is -2.37. The molecule has 0 radical (unpaired) electrons. The molecule has 2 N–H and O–H groups in total. The van der Waals surface area contributed by atoms with E-state index in [-0.39, 0.29) is 5.69 Å². The molecule has 0 unspecified atom stereocenters. The number of nitrogen functional groups attached to an aromatic ring is 1. The van der Waals surface area contributed by atoms with E-state index in [0.717, 1.165) is 13.1 Å². The van der Waals surface area contributed by atoms with Crippen LogP contribution in [-0.4, -0.2) is 26.2 Å². The summed E-state index contributed by atoms with van der Waals surface area (Å²) in [6.45, 7) is 5.14. The zero-order valence-corrected chi connectivity index (χ0v) is 11.4. The van der Waals surface area contributed by atoms with Gasteiger partial charge in [-0.15, -0.1) is 0 Å². The molecule has 3 rings (SSSR count). The van der Waals surface area contributed by atoms with Crippen molar-refractivity contribution in [1.82, 2.24) is 0 Å². The maximum Gasteiger partial charge on any atom is 0.253 e. The Balaban J connectivity index is 1.72. The Hall–Kier alpha value is -2.30. The van der Waals surface area contributed by atoms with Gasteiger partial charge in [-0.1, -0.05) is 12.1 Å². The van der Waals surface area contributed by atoms with Crippen LogP contribution in [0.3, 0.4) is 0 Å². The van der Waals surface area contributed by atoms with Crippen LogP contribution in [-0.2, 0) is 0 Å². The molecular formula is C15H17N3O2. The van der Waals surface area contributed by atoms with E-state index in [1.807, 2.05) is 11.0 Å². The second-order valence-corrected chi connectivity index (χ2v) is 5.23. The van der Waals surface area contributed by atoms with Gasteiger partial charge in [0.25, 0.3) is 10.9 Å². The Morgan fingerprint density at radius 3 is 2.25 bits per heavy atom. The number of hydrogen-bond acceptors (Lipinski definition) is 5. The third-order valence-electron chi connectivity index (χ3n) is 3.88. The van der Waals surface area contributed by atoms with Gasteiger partial charge in [-0.05, 0) is 24.6 Å². The zero-order chi connectivity index (χ0) is 14.3. The van der Waals surface area contributed by atoms with Gasteiger partial charge >= 0.3 is 0 Å². The normalized spacial score (nSPS) is 15.8. The van der Waals surface area contributed by atoms with E-state index in [2.05, 4.69) is 30.0 Å². The molecule has 5 nitrogen and oxygen atoms in total. The average molecular weight is 271 g/mol. The van der Waals surface area contributed by atoms with Crippen LogP contribution in [0, 0.1) is 6.92 Å². The number of nitrogens with two attached hydrogens (primary N) is 1. The van der Waals surface area contributed by atoms with Crippen LogP contribution >= 0.6 is 0 Å². The first-order valence-corrected chi connectivity index (χ1v) is 6.73. The molecular weight excluding hydrogens is 254 g/mol. The molecule has 0 aliphatic carbocycles. The molecule has 2 aromatic carbocycles. The van der Waals surface area contributed by atoms with Gasteiger partial charge in [-0.2, -0.15) is 0 Å². The van der Waals surface area contributed by atoms with Gasteiger partial charge in [0.15, 0.2) is 0 Å². The topological polar surface area (TPSA) is 66.6 Å². The first-order valence-electron chi connectivity index (χ1n) is 6.73. The summed E-state index contributed by atoms with van der Waals surface area (Å²) in [5, 5.41) is 0. The summed E-state index contributed by atoms with van der Waals surface area (Å²) in [4.78, 5) is 26.9. The number of benzene rings is 1. The highest BCUT2D eigenvalue weighted by Gasteiger charge is 2.26. The van der Waals surface area contributed by atoms with Gasteiger partial charge < -0.3 is 15.5 Å². The van der Waals surface area contributed by atoms with Crippen LogP contribution < -0.4 is 26.4 Å². The highest BCUT2D eigenvalue weighted by molar-refractivity contribution is 5.73. The van der Waals surface area contributed by atoms with Crippen LogP contribution in [0.2, 0.25) is 0 Å². The number of piperazine rings is 1. The third-order valence-corrected chi connectivity index (χ3v) is 3.88. The molecule has 0 aromatic heterocycles. The summed E-state index contributed by atoms with van der Waals surface area (Å²) in [5.41, 5.74) is 7.60. The molecule has 20 heavy (non-hydrogen) atoms. The number of anilines is 3. The number of rotatable bonds is 2. The molecule has 2 aromatic rings. The fourth-order valence-corrected chi connectivity index (χ4v) is 2.72. The zero-order valence-electron chi connectivity index (χ0n) is 11.4. The van der Waals surface area contributed by atoms with E-state index < -0.39 is 10.9 Å². The third kappa shape index (κ3) is 1.95. The van der Waals surface area contributed by atoms with E-state index in [1.165, 1.54) is 11.3 Å². The van der Waals surface area contributed by atoms with Gasteiger partial charge in [0, 0.05) is 31.9 Å². The molecule has 1 aliphatic heterocycles. The largest absolute Gasteiger partial charge is 0.394 e. The summed E-state index contributed by atoms with van der Waals surface area (Å²) in [5.74, 6) is 0. The lowest BCUT2D eigenvalue weighted by Crippen LogP contribution is -2.51. The predicted octanol–water partition coefficient (Wildman–Crippen LogP) is 0.500. The van der Waals surface area contributed by atoms with Crippen LogP contribution in [0.15, 0.2) is 33.9 Å². The van der Waals surface area contributed by atoms with Crippen molar-refractivity contribution < 1.29 is 0 Å². The summed E-state index contributed by atoms with van der Waals surface area (Å²) < 4.78 is 0. The standard InChI is InChI=1S/C15H17N3O2/c1-10-3-2-4-11(9-10)17-5-7-18(8-6-17)13-12(16)14(19)15(13)20/h2-4,9H,5-8,16H2,1H3. The van der Waals surface area contributed by atoms with Gasteiger partial charge in [0.1, 0.15) is 11.4 Å². The molecule has 5 heteroatoms. The molecule has 1 saturated heterocycles. The summed E-state index contributed by atoms with van der Waals surface area (Å²) in [6.07, 6.45) is 0. The summed E-state index contributed by atoms with van der Waals surface area (Å²) in [7, 11) is 0. The maximum absolute atomic E-state index is 11.5. The van der Waals surface area contributed by atoms with E-state index in [9.17, 15) is 9.59 Å². The maximum atomic E-state index is 11.5. The Labute approximate surface area is 116 Å². The Morgan fingerprint density at radius 1 is 1.00 bits per heavy atom. The van der Waals surface area contributed by atoms with Crippen LogP contribution in [0.5, 0.6) is 0 Å². The minimum atomic E-state index is -0.541. The van der Waals surface area contributed by atoms with Gasteiger partial charge in [-0.25, -0.2) is 0 Å². The second kappa shape index (κ2) is 4.67. The van der Waals surface area contributed by atoms with Gasteiger partial charge in [0.2, 0.25) is 0 Å². The first-order chi connectivity index (χ1) is 9.58. The summed E-state index contributed by atoms with van der Waals surface area (Å²) in [6, 6.07) is 8.37. The Morgan fingerprint density at radius 2 is 1.65 bits per heavy atom. The average Bonchev–Trinajstić information content (AvgIpc) is 2.48. The molecule has 1 fully saturated rings. The minimum absolute atomic E-state index is 0.124. The molecule has 1 heterocycles. The number of aryl methyl sites for hydroxylation is 1. The molecule has 0 atom stereocenters. The number of hydrogen-bond donors (Lipinski definition) is 1. The van der Waals surface area contributed by atoms with Crippen LogP contribution in [0.1, 0.15) is 5.56 Å². The van der Waals surface area contributed by atoms with Crippen LogP contribution in [0.25, 0.3) is 0 Å². The lowest BCUT2D eigenvalue weighted by molar-refractivity contribution is 0.651.